The van der Waals surface area contributed by atoms with Gasteiger partial charge in [-0.3, -0.25) is 0 Å². The van der Waals surface area contributed by atoms with Gasteiger partial charge in [0.1, 0.15) is 0 Å². The van der Waals surface area contributed by atoms with Crippen molar-refractivity contribution in [2.75, 3.05) is 18.9 Å². The van der Waals surface area contributed by atoms with Gasteiger partial charge in [0.25, 0.3) is 0 Å². The lowest BCUT2D eigenvalue weighted by Crippen LogP contribution is -2.04. The molecule has 66 valence electrons. The Morgan fingerprint density at radius 3 is 3.17 bits per heavy atom. The second-order valence-corrected chi connectivity index (χ2v) is 3.14. The Morgan fingerprint density at radius 2 is 2.58 bits per heavy atom. The molecule has 1 aromatic heterocycles. The second-order valence-electron chi connectivity index (χ2n) is 3.14. The molecule has 1 unspecified atom stereocenters. The van der Waals surface area contributed by atoms with E-state index in [1.54, 1.807) is 6.20 Å². The largest absolute Gasteiger partial charge is 0.395 e. The highest BCUT2D eigenvalue weighted by molar-refractivity contribution is 5.38. The van der Waals surface area contributed by atoms with Gasteiger partial charge < -0.3 is 15.0 Å². The zero-order valence-corrected chi connectivity index (χ0v) is 6.82. The molecule has 0 radical (unpaired) electrons. The van der Waals surface area contributed by atoms with Gasteiger partial charge in [-0.15, -0.1) is 0 Å². The van der Waals surface area contributed by atoms with Crippen molar-refractivity contribution in [3.8, 4) is 0 Å². The standard InChI is InChI=1S/C8H12N2O2/c9-7-4-10-12-8(7)3-6-1-2-11-5-6/h4,6H,1-3,5,9H2. The van der Waals surface area contributed by atoms with Crippen LogP contribution in [0, 0.1) is 5.92 Å². The highest BCUT2D eigenvalue weighted by atomic mass is 16.5. The van der Waals surface area contributed by atoms with E-state index in [0.29, 0.717) is 11.6 Å². The topological polar surface area (TPSA) is 61.3 Å². The van der Waals surface area contributed by atoms with Crippen LogP contribution in [0.4, 0.5) is 5.69 Å². The maximum absolute atomic E-state index is 5.62. The molecule has 0 aliphatic carbocycles. The Kier molecular flexibility index (Phi) is 1.99. The van der Waals surface area contributed by atoms with E-state index in [9.17, 15) is 0 Å². The number of hydrogen-bond acceptors (Lipinski definition) is 4. The normalized spacial score (nSPS) is 23.2. The zero-order chi connectivity index (χ0) is 8.39. The number of hydrogen-bond donors (Lipinski definition) is 1. The molecule has 0 amide bonds. The van der Waals surface area contributed by atoms with E-state index in [-0.39, 0.29) is 0 Å². The van der Waals surface area contributed by atoms with Gasteiger partial charge in [0.05, 0.1) is 11.9 Å². The minimum absolute atomic E-state index is 0.556. The lowest BCUT2D eigenvalue weighted by molar-refractivity contribution is 0.184. The molecule has 12 heavy (non-hydrogen) atoms. The van der Waals surface area contributed by atoms with E-state index >= 15 is 0 Å². The van der Waals surface area contributed by atoms with Crippen molar-refractivity contribution in [2.45, 2.75) is 12.8 Å². The molecule has 0 spiro atoms. The first-order chi connectivity index (χ1) is 5.86. The Hall–Kier alpha value is -1.03. The molecular weight excluding hydrogens is 156 g/mol. The smallest absolute Gasteiger partial charge is 0.159 e. The third kappa shape index (κ3) is 1.43. The first-order valence-corrected chi connectivity index (χ1v) is 4.13. The molecule has 1 aromatic rings. The fraction of sp³-hybridized carbons (Fsp3) is 0.625. The molecule has 1 fully saturated rings. The Bertz CT molecular complexity index is 253. The van der Waals surface area contributed by atoms with Crippen molar-refractivity contribution in [3.05, 3.63) is 12.0 Å². The van der Waals surface area contributed by atoms with E-state index in [0.717, 1.165) is 31.8 Å². The number of nitrogens with zero attached hydrogens (tertiary/aromatic N) is 1. The van der Waals surface area contributed by atoms with Gasteiger partial charge in [-0.25, -0.2) is 0 Å². The molecule has 2 N–H and O–H groups in total. The summed E-state index contributed by atoms with van der Waals surface area (Å²) in [6, 6.07) is 0. The first-order valence-electron chi connectivity index (χ1n) is 4.13. The SMILES string of the molecule is Nc1cnoc1CC1CCOC1. The Morgan fingerprint density at radius 1 is 1.67 bits per heavy atom. The summed E-state index contributed by atoms with van der Waals surface area (Å²) in [5.74, 6) is 1.35. The quantitative estimate of drug-likeness (QED) is 0.710. The molecule has 4 heteroatoms. The van der Waals surface area contributed by atoms with Crippen LogP contribution >= 0.6 is 0 Å². The van der Waals surface area contributed by atoms with E-state index in [1.165, 1.54) is 0 Å². The minimum atomic E-state index is 0.556. The number of aromatic nitrogens is 1. The molecule has 0 bridgehead atoms. The molecule has 1 atom stereocenters. The van der Waals surface area contributed by atoms with Gasteiger partial charge >= 0.3 is 0 Å². The Labute approximate surface area is 70.7 Å². The summed E-state index contributed by atoms with van der Waals surface area (Å²) in [5, 5.41) is 3.62. The fourth-order valence-electron chi connectivity index (χ4n) is 1.43. The number of nitrogen functional groups attached to an aromatic ring is 1. The van der Waals surface area contributed by atoms with Crippen LogP contribution in [0.3, 0.4) is 0 Å². The van der Waals surface area contributed by atoms with E-state index in [1.807, 2.05) is 0 Å². The number of nitrogens with two attached hydrogens (primary N) is 1. The van der Waals surface area contributed by atoms with Crippen LogP contribution in [0.2, 0.25) is 0 Å². The number of anilines is 1. The zero-order valence-electron chi connectivity index (χ0n) is 6.82. The maximum atomic E-state index is 5.62. The van der Waals surface area contributed by atoms with Crippen LogP contribution in [0.25, 0.3) is 0 Å². The molecule has 1 aliphatic heterocycles. The molecule has 0 aromatic carbocycles. The molecule has 4 nitrogen and oxygen atoms in total. The van der Waals surface area contributed by atoms with Crippen molar-refractivity contribution < 1.29 is 9.26 Å². The van der Waals surface area contributed by atoms with Crippen LogP contribution in [-0.2, 0) is 11.2 Å². The Balaban J connectivity index is 1.98. The van der Waals surface area contributed by atoms with Gasteiger partial charge in [0, 0.05) is 19.6 Å². The summed E-state index contributed by atoms with van der Waals surface area (Å²) < 4.78 is 10.2. The van der Waals surface area contributed by atoms with Crippen molar-refractivity contribution >= 4 is 5.69 Å². The summed E-state index contributed by atoms with van der Waals surface area (Å²) in [4.78, 5) is 0. The number of ether oxygens (including phenoxy) is 1. The second kappa shape index (κ2) is 3.15. The summed E-state index contributed by atoms with van der Waals surface area (Å²) >= 11 is 0. The average Bonchev–Trinajstić information content (AvgIpc) is 2.65. The van der Waals surface area contributed by atoms with Crippen LogP contribution in [0.1, 0.15) is 12.2 Å². The van der Waals surface area contributed by atoms with Crippen LogP contribution < -0.4 is 5.73 Å². The van der Waals surface area contributed by atoms with Crippen molar-refractivity contribution in [1.29, 1.82) is 0 Å². The summed E-state index contributed by atoms with van der Waals surface area (Å²) in [6.07, 6.45) is 3.50. The fourth-order valence-corrected chi connectivity index (χ4v) is 1.43. The van der Waals surface area contributed by atoms with Gasteiger partial charge in [-0.2, -0.15) is 0 Å². The van der Waals surface area contributed by atoms with Gasteiger partial charge in [0.2, 0.25) is 0 Å². The predicted octanol–water partition coefficient (Wildman–Crippen LogP) is 0.836. The van der Waals surface area contributed by atoms with Gasteiger partial charge in [-0.1, -0.05) is 5.16 Å². The lowest BCUT2D eigenvalue weighted by atomic mass is 10.0. The predicted molar refractivity (Wildman–Crippen MR) is 43.5 cm³/mol. The lowest BCUT2D eigenvalue weighted by Gasteiger charge is -2.03. The highest BCUT2D eigenvalue weighted by Gasteiger charge is 2.19. The third-order valence-corrected chi connectivity index (χ3v) is 2.17. The molecule has 1 saturated heterocycles. The van der Waals surface area contributed by atoms with Gasteiger partial charge in [-0.05, 0) is 12.3 Å². The van der Waals surface area contributed by atoms with Crippen LogP contribution in [0.15, 0.2) is 10.7 Å². The molecule has 2 heterocycles. The van der Waals surface area contributed by atoms with Gasteiger partial charge in [0.15, 0.2) is 5.76 Å². The van der Waals surface area contributed by atoms with Crippen LogP contribution in [0.5, 0.6) is 0 Å². The minimum Gasteiger partial charge on any atom is -0.395 e. The van der Waals surface area contributed by atoms with Crippen LogP contribution in [-0.4, -0.2) is 18.4 Å². The number of rotatable bonds is 2. The van der Waals surface area contributed by atoms with Crippen molar-refractivity contribution in [2.24, 2.45) is 5.92 Å². The van der Waals surface area contributed by atoms with E-state index in [2.05, 4.69) is 5.16 Å². The molecule has 1 aliphatic rings. The third-order valence-electron chi connectivity index (χ3n) is 2.17. The molecule has 0 saturated carbocycles. The van der Waals surface area contributed by atoms with E-state index in [4.69, 9.17) is 15.0 Å². The van der Waals surface area contributed by atoms with Crippen molar-refractivity contribution in [3.63, 3.8) is 0 Å². The monoisotopic (exact) mass is 168 g/mol. The average molecular weight is 168 g/mol. The first kappa shape index (κ1) is 7.61. The van der Waals surface area contributed by atoms with E-state index < -0.39 is 0 Å². The summed E-state index contributed by atoms with van der Waals surface area (Å²) in [7, 11) is 0. The molecular formula is C8H12N2O2. The summed E-state index contributed by atoms with van der Waals surface area (Å²) in [5.41, 5.74) is 6.28. The molecule has 2 rings (SSSR count). The van der Waals surface area contributed by atoms with Crippen molar-refractivity contribution in [1.82, 2.24) is 5.16 Å². The highest BCUT2D eigenvalue weighted by Crippen LogP contribution is 2.21. The maximum Gasteiger partial charge on any atom is 0.159 e. The summed E-state index contributed by atoms with van der Waals surface area (Å²) in [6.45, 7) is 1.68.